The lowest BCUT2D eigenvalue weighted by Crippen LogP contribution is -2.30. The number of thioether (sulfide) groups is 1. The van der Waals surface area contributed by atoms with Gasteiger partial charge in [0.05, 0.1) is 0 Å². The Labute approximate surface area is 284 Å². The topological polar surface area (TPSA) is 87.3 Å². The minimum Gasteiger partial charge on any atom is -0.325 e. The molecule has 0 heterocycles. The van der Waals surface area contributed by atoms with Crippen molar-refractivity contribution in [3.05, 3.63) is 166 Å². The van der Waals surface area contributed by atoms with Gasteiger partial charge in [0.1, 0.15) is 10.9 Å². The van der Waals surface area contributed by atoms with Gasteiger partial charge in [-0.2, -0.15) is 0 Å². The van der Waals surface area contributed by atoms with Gasteiger partial charge in [0.15, 0.2) is 0 Å². The third kappa shape index (κ3) is 9.45. The monoisotopic (exact) mass is 659 g/mol. The highest BCUT2D eigenvalue weighted by Crippen LogP contribution is 2.37. The van der Waals surface area contributed by atoms with Crippen LogP contribution in [-0.4, -0.2) is 17.7 Å². The molecule has 0 aliphatic rings. The summed E-state index contributed by atoms with van der Waals surface area (Å²) in [4.78, 5) is 40.8. The summed E-state index contributed by atoms with van der Waals surface area (Å²) < 4.78 is 0. The Bertz CT molecular complexity index is 1860. The highest BCUT2D eigenvalue weighted by molar-refractivity contribution is 8.00. The predicted octanol–water partition coefficient (Wildman–Crippen LogP) is 9.35. The molecular weight excluding hydrogens is 626 g/mol. The second-order valence-corrected chi connectivity index (χ2v) is 12.7. The average Bonchev–Trinajstić information content (AvgIpc) is 3.08. The van der Waals surface area contributed by atoms with Crippen molar-refractivity contribution in [1.82, 2.24) is 5.32 Å². The third-order valence-electron chi connectivity index (χ3n) is 7.24. The van der Waals surface area contributed by atoms with E-state index >= 15 is 0 Å². The molecule has 0 radical (unpaired) electrons. The molecule has 5 aromatic carbocycles. The number of anilines is 2. The van der Waals surface area contributed by atoms with Crippen LogP contribution in [0.4, 0.5) is 11.4 Å². The van der Waals surface area contributed by atoms with Gasteiger partial charge in [0, 0.05) is 26.9 Å². The zero-order valence-corrected chi connectivity index (χ0v) is 27.5. The summed E-state index contributed by atoms with van der Waals surface area (Å²) in [6, 6.07) is 40.4. The fraction of sp³-hybridized carbons (Fsp3) is 0.103. The summed E-state index contributed by atoms with van der Waals surface area (Å²) in [6.45, 7) is 4.23. The van der Waals surface area contributed by atoms with E-state index in [0.717, 1.165) is 16.0 Å². The van der Waals surface area contributed by atoms with E-state index in [1.165, 1.54) is 17.3 Å². The summed E-state index contributed by atoms with van der Waals surface area (Å²) in [6.07, 6.45) is 1.66. The number of hydrogen-bond acceptors (Lipinski definition) is 4. The SMILES string of the molecule is CC(C)c1ccc(/C=C(\NC(=O)c2ccccc2)C(=O)Nc2ccc(SC(C(=O)Nc3cccc(Cl)c3)c3ccccc3)cc2)cc1. The van der Waals surface area contributed by atoms with Crippen LogP contribution in [0, 0.1) is 0 Å². The van der Waals surface area contributed by atoms with Gasteiger partial charge in [-0.3, -0.25) is 14.4 Å². The number of carbonyl (C=O) groups is 3. The van der Waals surface area contributed by atoms with Crippen molar-refractivity contribution in [3.8, 4) is 0 Å². The maximum Gasteiger partial charge on any atom is 0.272 e. The maximum absolute atomic E-state index is 13.5. The minimum atomic E-state index is -0.541. The molecular formula is C39H34ClN3O3S. The van der Waals surface area contributed by atoms with E-state index in [0.29, 0.717) is 27.9 Å². The molecule has 0 saturated carbocycles. The first-order chi connectivity index (χ1) is 22.7. The molecule has 0 fully saturated rings. The number of nitrogens with one attached hydrogen (secondary N) is 3. The van der Waals surface area contributed by atoms with E-state index < -0.39 is 11.2 Å². The van der Waals surface area contributed by atoms with Gasteiger partial charge < -0.3 is 16.0 Å². The van der Waals surface area contributed by atoms with Crippen LogP contribution >= 0.6 is 23.4 Å². The summed E-state index contributed by atoms with van der Waals surface area (Å²) in [5.41, 5.74) is 4.50. The first kappa shape index (κ1) is 33.3. The van der Waals surface area contributed by atoms with Gasteiger partial charge in [-0.25, -0.2) is 0 Å². The lowest BCUT2D eigenvalue weighted by atomic mass is 10.0. The van der Waals surface area contributed by atoms with Gasteiger partial charge in [-0.1, -0.05) is 104 Å². The van der Waals surface area contributed by atoms with Crippen LogP contribution in [0.25, 0.3) is 6.08 Å². The smallest absolute Gasteiger partial charge is 0.272 e. The van der Waals surface area contributed by atoms with Crippen LogP contribution in [0.2, 0.25) is 5.02 Å². The van der Waals surface area contributed by atoms with E-state index in [1.807, 2.05) is 72.8 Å². The standard InChI is InChI=1S/C39H34ClN3O3S/c1-26(2)28-18-16-27(17-19-28)24-35(43-37(44)30-12-7-4-8-13-30)38(45)41-32-20-22-34(23-21-32)47-36(29-10-5-3-6-11-29)39(46)42-33-15-9-14-31(40)25-33/h3-26,36H,1-2H3,(H,41,45)(H,42,46)(H,43,44)/b35-24-. The summed E-state index contributed by atoms with van der Waals surface area (Å²) in [5.74, 6) is -0.674. The van der Waals surface area contributed by atoms with Crippen LogP contribution in [0.1, 0.15) is 52.1 Å². The van der Waals surface area contributed by atoms with Crippen molar-refractivity contribution in [3.63, 3.8) is 0 Å². The highest BCUT2D eigenvalue weighted by Gasteiger charge is 2.23. The van der Waals surface area contributed by atoms with Gasteiger partial charge in [0.25, 0.3) is 11.8 Å². The van der Waals surface area contributed by atoms with Crippen LogP contribution in [0.15, 0.2) is 144 Å². The number of hydrogen-bond donors (Lipinski definition) is 3. The zero-order valence-electron chi connectivity index (χ0n) is 25.9. The molecule has 0 aliphatic heterocycles. The molecule has 0 spiro atoms. The lowest BCUT2D eigenvalue weighted by molar-refractivity contribution is -0.116. The normalized spacial score (nSPS) is 11.9. The second-order valence-electron chi connectivity index (χ2n) is 11.1. The summed E-state index contributed by atoms with van der Waals surface area (Å²) >= 11 is 7.52. The molecule has 5 rings (SSSR count). The molecule has 1 atom stereocenters. The zero-order chi connectivity index (χ0) is 33.2. The lowest BCUT2D eigenvalue weighted by Gasteiger charge is -2.18. The molecule has 3 N–H and O–H groups in total. The molecule has 6 nitrogen and oxygen atoms in total. The van der Waals surface area contributed by atoms with Crippen LogP contribution in [-0.2, 0) is 9.59 Å². The molecule has 0 bridgehead atoms. The van der Waals surface area contributed by atoms with Gasteiger partial charge in [-0.15, -0.1) is 11.8 Å². The first-order valence-corrected chi connectivity index (χ1v) is 16.4. The molecule has 1 unspecified atom stereocenters. The van der Waals surface area contributed by atoms with Gasteiger partial charge in [0.2, 0.25) is 5.91 Å². The number of amides is 3. The fourth-order valence-electron chi connectivity index (χ4n) is 4.71. The number of halogens is 1. The molecule has 0 saturated heterocycles. The van der Waals surface area contributed by atoms with Crippen LogP contribution in [0.5, 0.6) is 0 Å². The fourth-order valence-corrected chi connectivity index (χ4v) is 5.93. The third-order valence-corrected chi connectivity index (χ3v) is 8.74. The summed E-state index contributed by atoms with van der Waals surface area (Å²) in [5, 5.41) is 8.64. The van der Waals surface area contributed by atoms with Crippen molar-refractivity contribution >= 4 is 58.5 Å². The molecule has 0 aliphatic carbocycles. The van der Waals surface area contributed by atoms with Crippen LogP contribution in [0.3, 0.4) is 0 Å². The van der Waals surface area contributed by atoms with Crippen molar-refractivity contribution < 1.29 is 14.4 Å². The van der Waals surface area contributed by atoms with Crippen molar-refractivity contribution in [1.29, 1.82) is 0 Å². The van der Waals surface area contributed by atoms with Crippen molar-refractivity contribution in [2.45, 2.75) is 29.9 Å². The quantitative estimate of drug-likeness (QED) is 0.0974. The Morgan fingerprint density at radius 1 is 0.681 bits per heavy atom. The largest absolute Gasteiger partial charge is 0.325 e. The second kappa shape index (κ2) is 15.9. The molecule has 5 aromatic rings. The molecule has 8 heteroatoms. The number of benzene rings is 5. The Morgan fingerprint density at radius 2 is 1.34 bits per heavy atom. The Hall–Kier alpha value is -5.11. The maximum atomic E-state index is 13.5. The Morgan fingerprint density at radius 3 is 1.98 bits per heavy atom. The van der Waals surface area contributed by atoms with E-state index in [2.05, 4.69) is 29.8 Å². The van der Waals surface area contributed by atoms with Crippen molar-refractivity contribution in [2.75, 3.05) is 10.6 Å². The van der Waals surface area contributed by atoms with E-state index in [1.54, 1.807) is 66.7 Å². The predicted molar refractivity (Wildman–Crippen MR) is 193 cm³/mol. The summed E-state index contributed by atoms with van der Waals surface area (Å²) in [7, 11) is 0. The molecule has 47 heavy (non-hydrogen) atoms. The van der Waals surface area contributed by atoms with E-state index in [9.17, 15) is 14.4 Å². The molecule has 3 amide bonds. The molecule has 0 aromatic heterocycles. The Balaban J connectivity index is 1.33. The van der Waals surface area contributed by atoms with Gasteiger partial charge >= 0.3 is 0 Å². The minimum absolute atomic E-state index is 0.108. The molecule has 236 valence electrons. The average molecular weight is 660 g/mol. The number of carbonyl (C=O) groups excluding carboxylic acids is 3. The highest BCUT2D eigenvalue weighted by atomic mass is 35.5. The Kier molecular flexibility index (Phi) is 11.3. The van der Waals surface area contributed by atoms with Crippen LogP contribution < -0.4 is 16.0 Å². The van der Waals surface area contributed by atoms with Gasteiger partial charge in [-0.05, 0) is 83.3 Å². The van der Waals surface area contributed by atoms with Crippen molar-refractivity contribution in [2.24, 2.45) is 0 Å². The van der Waals surface area contributed by atoms with E-state index in [4.69, 9.17) is 11.6 Å². The van der Waals surface area contributed by atoms with E-state index in [-0.39, 0.29) is 17.5 Å². The number of rotatable bonds is 11. The first-order valence-electron chi connectivity index (χ1n) is 15.1.